The smallest absolute Gasteiger partial charge is 0.239 e. The number of nitrogens with zero attached hydrogens (tertiary/aromatic N) is 1. The maximum Gasteiger partial charge on any atom is 0.239 e. The number of carbonyl (C=O) groups is 1. The minimum atomic E-state index is -0.128. The lowest BCUT2D eigenvalue weighted by molar-refractivity contribution is -0.138. The minimum absolute atomic E-state index is 0.0857. The first kappa shape index (κ1) is 14.8. The van der Waals surface area contributed by atoms with E-state index in [1.165, 1.54) is 0 Å². The van der Waals surface area contributed by atoms with Gasteiger partial charge in [-0.2, -0.15) is 0 Å². The fourth-order valence-corrected chi connectivity index (χ4v) is 2.86. The molecular weight excluding hydrogens is 244 g/mol. The molecule has 2 aliphatic rings. The molecule has 2 atom stereocenters. The van der Waals surface area contributed by atoms with Crippen molar-refractivity contribution in [3.63, 3.8) is 0 Å². The Hall–Kier alpha value is -0.650. The molecule has 1 amide bonds. The van der Waals surface area contributed by atoms with E-state index in [0.29, 0.717) is 32.3 Å². The molecule has 19 heavy (non-hydrogen) atoms. The quantitative estimate of drug-likeness (QED) is 0.823. The highest BCUT2D eigenvalue weighted by Gasteiger charge is 2.31. The van der Waals surface area contributed by atoms with Crippen LogP contribution in [0.1, 0.15) is 33.6 Å². The number of amides is 1. The largest absolute Gasteiger partial charge is 0.378 e. The first-order valence-corrected chi connectivity index (χ1v) is 7.24. The molecule has 0 aromatic carbocycles. The molecule has 5 nitrogen and oxygen atoms in total. The molecule has 2 fully saturated rings. The first-order valence-electron chi connectivity index (χ1n) is 7.24. The summed E-state index contributed by atoms with van der Waals surface area (Å²) in [5.41, 5.74) is -0.0857. The van der Waals surface area contributed by atoms with Crippen molar-refractivity contribution in [3.8, 4) is 0 Å². The topological polar surface area (TPSA) is 50.8 Å². The molecular formula is C14H26N2O3. The van der Waals surface area contributed by atoms with Gasteiger partial charge in [-0.3, -0.25) is 4.79 Å². The molecule has 0 aromatic heterocycles. The lowest BCUT2D eigenvalue weighted by Gasteiger charge is -2.38. The van der Waals surface area contributed by atoms with Crippen molar-refractivity contribution < 1.29 is 14.3 Å². The number of rotatable bonds is 3. The van der Waals surface area contributed by atoms with Gasteiger partial charge in [0.25, 0.3) is 0 Å². The van der Waals surface area contributed by atoms with Crippen LogP contribution >= 0.6 is 0 Å². The number of morpholine rings is 1. The Bertz CT molecular complexity index is 314. The summed E-state index contributed by atoms with van der Waals surface area (Å²) in [5, 5.41) is 3.46. The minimum Gasteiger partial charge on any atom is -0.378 e. The second-order valence-corrected chi connectivity index (χ2v) is 6.12. The van der Waals surface area contributed by atoms with E-state index in [-0.39, 0.29) is 17.6 Å². The summed E-state index contributed by atoms with van der Waals surface area (Å²) < 4.78 is 11.0. The van der Waals surface area contributed by atoms with Crippen LogP contribution in [0, 0.1) is 0 Å². The Kier molecular flexibility index (Phi) is 4.81. The highest BCUT2D eigenvalue weighted by Crippen LogP contribution is 2.24. The van der Waals surface area contributed by atoms with Crippen LogP contribution in [0.15, 0.2) is 0 Å². The predicted octanol–water partition coefficient (Wildman–Crippen LogP) is 0.781. The van der Waals surface area contributed by atoms with Crippen molar-refractivity contribution in [1.82, 2.24) is 10.2 Å². The lowest BCUT2D eigenvalue weighted by atomic mass is 9.93. The van der Waals surface area contributed by atoms with Crippen molar-refractivity contribution in [2.75, 3.05) is 32.9 Å². The molecule has 110 valence electrons. The number of ether oxygens (including phenoxy) is 2. The molecule has 0 aromatic rings. The van der Waals surface area contributed by atoms with E-state index >= 15 is 0 Å². The van der Waals surface area contributed by atoms with Gasteiger partial charge in [0.2, 0.25) is 5.91 Å². The Morgan fingerprint density at radius 2 is 2.00 bits per heavy atom. The summed E-state index contributed by atoms with van der Waals surface area (Å²) in [7, 11) is 0. The number of hydrogen-bond donors (Lipinski definition) is 1. The summed E-state index contributed by atoms with van der Waals surface area (Å²) >= 11 is 0. The summed E-state index contributed by atoms with van der Waals surface area (Å²) in [6, 6.07) is 0.237. The molecule has 2 unspecified atom stereocenters. The normalized spacial score (nSPS) is 29.0. The van der Waals surface area contributed by atoms with E-state index < -0.39 is 0 Å². The lowest BCUT2D eigenvalue weighted by Crippen LogP contribution is -2.53. The van der Waals surface area contributed by atoms with Crippen LogP contribution in [-0.2, 0) is 14.3 Å². The Morgan fingerprint density at radius 1 is 1.32 bits per heavy atom. The van der Waals surface area contributed by atoms with Gasteiger partial charge in [0.1, 0.15) is 0 Å². The van der Waals surface area contributed by atoms with Crippen molar-refractivity contribution in [3.05, 3.63) is 0 Å². The third-order valence-corrected chi connectivity index (χ3v) is 3.88. The summed E-state index contributed by atoms with van der Waals surface area (Å²) in [6.07, 6.45) is 1.93. The van der Waals surface area contributed by atoms with Gasteiger partial charge in [-0.25, -0.2) is 0 Å². The van der Waals surface area contributed by atoms with E-state index in [0.717, 1.165) is 19.4 Å². The summed E-state index contributed by atoms with van der Waals surface area (Å²) in [5.74, 6) is 0.188. The number of nitrogens with one attached hydrogen (secondary N) is 1. The van der Waals surface area contributed by atoms with Crippen LogP contribution in [0.4, 0.5) is 0 Å². The zero-order valence-electron chi connectivity index (χ0n) is 12.3. The van der Waals surface area contributed by atoms with Crippen molar-refractivity contribution in [2.24, 2.45) is 0 Å². The van der Waals surface area contributed by atoms with Gasteiger partial charge in [0, 0.05) is 25.7 Å². The average molecular weight is 270 g/mol. The van der Waals surface area contributed by atoms with Crippen molar-refractivity contribution in [1.29, 1.82) is 0 Å². The zero-order chi connectivity index (χ0) is 13.9. The van der Waals surface area contributed by atoms with E-state index in [1.807, 2.05) is 11.8 Å². The molecule has 2 heterocycles. The molecule has 0 saturated carbocycles. The fraction of sp³-hybridized carbons (Fsp3) is 0.929. The van der Waals surface area contributed by atoms with Gasteiger partial charge in [0.05, 0.1) is 24.9 Å². The molecule has 2 rings (SSSR count). The third kappa shape index (κ3) is 4.16. The first-order chi connectivity index (χ1) is 8.98. The second-order valence-electron chi connectivity index (χ2n) is 6.12. The van der Waals surface area contributed by atoms with Gasteiger partial charge >= 0.3 is 0 Å². The molecule has 5 heteroatoms. The molecule has 0 aliphatic carbocycles. The maximum atomic E-state index is 12.3. The van der Waals surface area contributed by atoms with E-state index in [2.05, 4.69) is 19.2 Å². The molecule has 0 radical (unpaired) electrons. The van der Waals surface area contributed by atoms with Crippen LogP contribution in [0.5, 0.6) is 0 Å². The van der Waals surface area contributed by atoms with Gasteiger partial charge in [0.15, 0.2) is 0 Å². The average Bonchev–Trinajstić information content (AvgIpc) is 2.37. The Balaban J connectivity index is 1.82. The second kappa shape index (κ2) is 6.20. The SMILES string of the molecule is CC(NC1CCOC(C)(C)C1)C(=O)N1CCOCC1. The molecule has 0 spiro atoms. The van der Waals surface area contributed by atoms with Crippen LogP contribution in [0.25, 0.3) is 0 Å². The Morgan fingerprint density at radius 3 is 2.63 bits per heavy atom. The van der Waals surface area contributed by atoms with Crippen LogP contribution < -0.4 is 5.32 Å². The van der Waals surface area contributed by atoms with Crippen LogP contribution in [-0.4, -0.2) is 61.4 Å². The fourth-order valence-electron chi connectivity index (χ4n) is 2.86. The highest BCUT2D eigenvalue weighted by molar-refractivity contribution is 5.81. The van der Waals surface area contributed by atoms with Crippen molar-refractivity contribution >= 4 is 5.91 Å². The standard InChI is InChI=1S/C14H26N2O3/c1-11(13(17)16-5-8-18-9-6-16)15-12-4-7-19-14(2,3)10-12/h11-12,15H,4-10H2,1-3H3. The van der Waals surface area contributed by atoms with Gasteiger partial charge in [-0.1, -0.05) is 0 Å². The van der Waals surface area contributed by atoms with Crippen molar-refractivity contribution in [2.45, 2.75) is 51.3 Å². The Labute approximate surface area is 115 Å². The maximum absolute atomic E-state index is 12.3. The summed E-state index contributed by atoms with van der Waals surface area (Å²) in [4.78, 5) is 14.2. The van der Waals surface area contributed by atoms with E-state index in [9.17, 15) is 4.79 Å². The highest BCUT2D eigenvalue weighted by atomic mass is 16.5. The molecule has 1 N–H and O–H groups in total. The predicted molar refractivity (Wildman–Crippen MR) is 73.0 cm³/mol. The van der Waals surface area contributed by atoms with Gasteiger partial charge in [-0.05, 0) is 33.6 Å². The zero-order valence-corrected chi connectivity index (χ0v) is 12.3. The third-order valence-electron chi connectivity index (χ3n) is 3.88. The number of carbonyl (C=O) groups excluding carboxylic acids is 1. The molecule has 0 bridgehead atoms. The van der Waals surface area contributed by atoms with Gasteiger partial charge in [-0.15, -0.1) is 0 Å². The van der Waals surface area contributed by atoms with E-state index in [1.54, 1.807) is 0 Å². The monoisotopic (exact) mass is 270 g/mol. The number of hydrogen-bond acceptors (Lipinski definition) is 4. The summed E-state index contributed by atoms with van der Waals surface area (Å²) in [6.45, 7) is 9.67. The van der Waals surface area contributed by atoms with E-state index in [4.69, 9.17) is 9.47 Å². The van der Waals surface area contributed by atoms with Gasteiger partial charge < -0.3 is 19.7 Å². The molecule has 2 aliphatic heterocycles. The molecule has 2 saturated heterocycles. The van der Waals surface area contributed by atoms with Crippen LogP contribution in [0.2, 0.25) is 0 Å². The van der Waals surface area contributed by atoms with Crippen LogP contribution in [0.3, 0.4) is 0 Å².